The third kappa shape index (κ3) is 1.92. The minimum absolute atomic E-state index is 0.556. The van der Waals surface area contributed by atoms with Crippen molar-refractivity contribution in [3.63, 3.8) is 0 Å². The van der Waals surface area contributed by atoms with Crippen LogP contribution in [-0.2, 0) is 6.42 Å². The molecule has 3 aromatic heterocycles. The molecule has 0 radical (unpaired) electrons. The molecule has 0 saturated heterocycles. The van der Waals surface area contributed by atoms with Gasteiger partial charge in [-0.25, -0.2) is 4.52 Å². The summed E-state index contributed by atoms with van der Waals surface area (Å²) in [5, 5.41) is 14.4. The fraction of sp³-hybridized carbons (Fsp3) is 0.182. The lowest BCUT2D eigenvalue weighted by atomic mass is 10.1. The summed E-state index contributed by atoms with van der Waals surface area (Å²) in [6.07, 6.45) is 8.58. The van der Waals surface area contributed by atoms with Gasteiger partial charge in [0.05, 0.1) is 29.5 Å². The minimum Gasteiger partial charge on any atom is -0.388 e. The maximum Gasteiger partial charge on any atom is 0.0903 e. The molecule has 0 aliphatic carbocycles. The summed E-state index contributed by atoms with van der Waals surface area (Å²) in [5.74, 6) is 0. The number of aliphatic hydroxyl groups excluding tert-OH is 1. The quantitative estimate of drug-likeness (QED) is 0.760. The van der Waals surface area contributed by atoms with Crippen LogP contribution in [0.2, 0.25) is 0 Å². The average Bonchev–Trinajstić information content (AvgIpc) is 2.96. The van der Waals surface area contributed by atoms with E-state index in [9.17, 15) is 5.11 Å². The van der Waals surface area contributed by atoms with Crippen molar-refractivity contribution >= 4 is 16.9 Å². The zero-order valence-electron chi connectivity index (χ0n) is 8.89. The molecule has 3 aromatic rings. The van der Waals surface area contributed by atoms with Gasteiger partial charge < -0.3 is 5.11 Å². The SMILES string of the molecule is OC(Cc1cncs1)c1cnn2ccncc12. The van der Waals surface area contributed by atoms with E-state index in [0.717, 1.165) is 16.0 Å². The van der Waals surface area contributed by atoms with Crippen molar-refractivity contribution in [2.45, 2.75) is 12.5 Å². The first-order valence-electron chi connectivity index (χ1n) is 5.17. The Bertz CT molecular complexity index is 619. The van der Waals surface area contributed by atoms with Gasteiger partial charge in [0, 0.05) is 35.5 Å². The van der Waals surface area contributed by atoms with E-state index in [4.69, 9.17) is 0 Å². The van der Waals surface area contributed by atoms with Gasteiger partial charge in [0.1, 0.15) is 0 Å². The Morgan fingerprint density at radius 3 is 3.06 bits per heavy atom. The topological polar surface area (TPSA) is 63.3 Å². The zero-order valence-corrected chi connectivity index (χ0v) is 9.71. The normalized spacial score (nSPS) is 13.0. The van der Waals surface area contributed by atoms with Crippen LogP contribution in [0, 0.1) is 0 Å². The van der Waals surface area contributed by atoms with E-state index in [2.05, 4.69) is 15.1 Å². The molecule has 0 saturated carbocycles. The molecule has 0 bridgehead atoms. The average molecular weight is 246 g/mol. The van der Waals surface area contributed by atoms with Crippen molar-refractivity contribution in [2.75, 3.05) is 0 Å². The predicted molar refractivity (Wildman–Crippen MR) is 63.8 cm³/mol. The number of rotatable bonds is 3. The van der Waals surface area contributed by atoms with Crippen LogP contribution in [0.5, 0.6) is 0 Å². The van der Waals surface area contributed by atoms with Crippen LogP contribution in [0.1, 0.15) is 16.5 Å². The van der Waals surface area contributed by atoms with Gasteiger partial charge in [-0.05, 0) is 0 Å². The summed E-state index contributed by atoms with van der Waals surface area (Å²) < 4.78 is 1.71. The fourth-order valence-corrected chi connectivity index (χ4v) is 2.39. The number of thiazole rings is 1. The summed E-state index contributed by atoms with van der Waals surface area (Å²) in [6, 6.07) is 0. The van der Waals surface area contributed by atoms with E-state index >= 15 is 0 Å². The molecular formula is C11H10N4OS. The standard InChI is InChI=1S/C11H10N4OS/c16-11(3-8-4-13-7-17-8)9-5-14-15-2-1-12-6-10(9)15/h1-2,4-7,11,16H,3H2. The molecule has 6 heteroatoms. The van der Waals surface area contributed by atoms with Gasteiger partial charge in [0.15, 0.2) is 0 Å². The number of aromatic nitrogens is 4. The molecule has 0 aliphatic rings. The highest BCUT2D eigenvalue weighted by atomic mass is 32.1. The van der Waals surface area contributed by atoms with Crippen LogP contribution in [0.3, 0.4) is 0 Å². The highest BCUT2D eigenvalue weighted by Crippen LogP contribution is 2.23. The second-order valence-corrected chi connectivity index (χ2v) is 4.66. The maximum atomic E-state index is 10.2. The molecule has 1 unspecified atom stereocenters. The number of nitrogens with zero attached hydrogens (tertiary/aromatic N) is 4. The van der Waals surface area contributed by atoms with Crippen LogP contribution >= 0.6 is 11.3 Å². The molecule has 0 aliphatic heterocycles. The van der Waals surface area contributed by atoms with Crippen LogP contribution in [-0.4, -0.2) is 24.7 Å². The summed E-state index contributed by atoms with van der Waals surface area (Å²) in [6.45, 7) is 0. The lowest BCUT2D eigenvalue weighted by molar-refractivity contribution is 0.181. The van der Waals surface area contributed by atoms with Crippen molar-refractivity contribution in [1.29, 1.82) is 0 Å². The van der Waals surface area contributed by atoms with Crippen molar-refractivity contribution in [3.05, 3.63) is 46.9 Å². The van der Waals surface area contributed by atoms with Crippen LogP contribution < -0.4 is 0 Å². The smallest absolute Gasteiger partial charge is 0.0903 e. The van der Waals surface area contributed by atoms with Gasteiger partial charge in [-0.15, -0.1) is 11.3 Å². The van der Waals surface area contributed by atoms with Crippen LogP contribution in [0.4, 0.5) is 0 Å². The largest absolute Gasteiger partial charge is 0.388 e. The van der Waals surface area contributed by atoms with E-state index in [1.807, 2.05) is 0 Å². The highest BCUT2D eigenvalue weighted by Gasteiger charge is 2.14. The maximum absolute atomic E-state index is 10.2. The Balaban J connectivity index is 1.93. The molecule has 5 nitrogen and oxygen atoms in total. The van der Waals surface area contributed by atoms with Gasteiger partial charge in [-0.3, -0.25) is 9.97 Å². The zero-order chi connectivity index (χ0) is 11.7. The Morgan fingerprint density at radius 1 is 1.29 bits per heavy atom. The summed E-state index contributed by atoms with van der Waals surface area (Å²) in [7, 11) is 0. The van der Waals surface area contributed by atoms with Crippen LogP contribution in [0.25, 0.3) is 5.52 Å². The first-order valence-corrected chi connectivity index (χ1v) is 6.05. The molecular weight excluding hydrogens is 236 g/mol. The van der Waals surface area contributed by atoms with Gasteiger partial charge in [-0.2, -0.15) is 5.10 Å². The molecule has 0 spiro atoms. The van der Waals surface area contributed by atoms with Gasteiger partial charge >= 0.3 is 0 Å². The van der Waals surface area contributed by atoms with Crippen molar-refractivity contribution in [2.24, 2.45) is 0 Å². The fourth-order valence-electron chi connectivity index (χ4n) is 1.75. The van der Waals surface area contributed by atoms with Gasteiger partial charge in [-0.1, -0.05) is 0 Å². The van der Waals surface area contributed by atoms with E-state index < -0.39 is 6.10 Å². The van der Waals surface area contributed by atoms with E-state index in [1.54, 1.807) is 41.0 Å². The summed E-state index contributed by atoms with van der Waals surface area (Å²) in [5.41, 5.74) is 3.40. The molecule has 0 aromatic carbocycles. The second-order valence-electron chi connectivity index (χ2n) is 3.69. The summed E-state index contributed by atoms with van der Waals surface area (Å²) in [4.78, 5) is 9.09. The third-order valence-corrected chi connectivity index (χ3v) is 3.39. The molecule has 1 N–H and O–H groups in total. The number of hydrogen-bond donors (Lipinski definition) is 1. The second kappa shape index (κ2) is 4.23. The minimum atomic E-state index is -0.572. The molecule has 17 heavy (non-hydrogen) atoms. The Labute approximate surface area is 101 Å². The predicted octanol–water partition coefficient (Wildman–Crippen LogP) is 1.46. The molecule has 86 valence electrons. The molecule has 3 rings (SSSR count). The summed E-state index contributed by atoms with van der Waals surface area (Å²) >= 11 is 1.54. The van der Waals surface area contributed by atoms with Crippen molar-refractivity contribution < 1.29 is 5.11 Å². The van der Waals surface area contributed by atoms with E-state index in [0.29, 0.717) is 6.42 Å². The van der Waals surface area contributed by atoms with Crippen molar-refractivity contribution in [1.82, 2.24) is 19.6 Å². The third-order valence-electron chi connectivity index (χ3n) is 2.59. The number of hydrogen-bond acceptors (Lipinski definition) is 5. The monoisotopic (exact) mass is 246 g/mol. The highest BCUT2D eigenvalue weighted by molar-refractivity contribution is 7.09. The lowest BCUT2D eigenvalue weighted by Gasteiger charge is -2.06. The van der Waals surface area contributed by atoms with E-state index in [1.165, 1.54) is 11.3 Å². The lowest BCUT2D eigenvalue weighted by Crippen LogP contribution is -2.00. The number of fused-ring (bicyclic) bond motifs is 1. The first-order chi connectivity index (χ1) is 8.34. The molecule has 3 heterocycles. The van der Waals surface area contributed by atoms with Crippen molar-refractivity contribution in [3.8, 4) is 0 Å². The Kier molecular flexibility index (Phi) is 2.58. The first kappa shape index (κ1) is 10.4. The Hall–Kier alpha value is -1.79. The van der Waals surface area contributed by atoms with E-state index in [-0.39, 0.29) is 0 Å². The number of aliphatic hydroxyl groups is 1. The molecule has 0 amide bonds. The molecule has 0 fully saturated rings. The van der Waals surface area contributed by atoms with Gasteiger partial charge in [0.2, 0.25) is 0 Å². The van der Waals surface area contributed by atoms with Crippen LogP contribution in [0.15, 0.2) is 36.5 Å². The van der Waals surface area contributed by atoms with Gasteiger partial charge in [0.25, 0.3) is 0 Å². The molecule has 1 atom stereocenters. The Morgan fingerprint density at radius 2 is 2.24 bits per heavy atom.